The summed E-state index contributed by atoms with van der Waals surface area (Å²) in [5.74, 6) is -2.20. The van der Waals surface area contributed by atoms with Gasteiger partial charge in [0.05, 0.1) is 6.04 Å². The summed E-state index contributed by atoms with van der Waals surface area (Å²) in [5.41, 5.74) is 8.63. The molecule has 3 N–H and O–H groups in total. The minimum atomic E-state index is -1.03. The van der Waals surface area contributed by atoms with Gasteiger partial charge >= 0.3 is 0 Å². The Hall–Kier alpha value is -3.25. The zero-order chi connectivity index (χ0) is 25.8. The maximum absolute atomic E-state index is 13.0. The average molecular weight is 478 g/mol. The third-order valence-electron chi connectivity index (χ3n) is 5.98. The summed E-state index contributed by atoms with van der Waals surface area (Å²) in [7, 11) is 0. The summed E-state index contributed by atoms with van der Waals surface area (Å²) in [6.45, 7) is 10.6. The monoisotopic (exact) mass is 477 g/mol. The van der Waals surface area contributed by atoms with Gasteiger partial charge in [0.25, 0.3) is 11.8 Å². The van der Waals surface area contributed by atoms with Crippen LogP contribution in [0.2, 0.25) is 0 Å². The van der Waals surface area contributed by atoms with Crippen LogP contribution >= 0.6 is 0 Å². The van der Waals surface area contributed by atoms with Gasteiger partial charge in [-0.2, -0.15) is 0 Å². The van der Waals surface area contributed by atoms with E-state index in [1.54, 1.807) is 12.1 Å². The van der Waals surface area contributed by atoms with Crippen LogP contribution in [0.4, 0.5) is 0 Å². The lowest BCUT2D eigenvalue weighted by atomic mass is 10.0. The van der Waals surface area contributed by atoms with E-state index in [2.05, 4.69) is 55.3 Å². The number of rotatable bonds is 14. The number of primary amides is 1. The molecular weight excluding hydrogens is 438 g/mol. The Bertz CT molecular complexity index is 1010. The third-order valence-corrected chi connectivity index (χ3v) is 5.98. The summed E-state index contributed by atoms with van der Waals surface area (Å²) < 4.78 is 0. The van der Waals surface area contributed by atoms with Gasteiger partial charge in [0.2, 0.25) is 5.78 Å². The topological polar surface area (TPSA) is 92.5 Å². The highest BCUT2D eigenvalue weighted by Crippen LogP contribution is 2.16. The summed E-state index contributed by atoms with van der Waals surface area (Å²) in [4.78, 5) is 39.0. The molecular formula is C29H39N3O3. The van der Waals surface area contributed by atoms with Crippen LogP contribution in [0.25, 0.3) is 12.2 Å². The van der Waals surface area contributed by atoms with Crippen molar-refractivity contribution in [1.82, 2.24) is 10.2 Å². The number of hydrogen-bond donors (Lipinski definition) is 2. The van der Waals surface area contributed by atoms with Crippen molar-refractivity contribution in [2.75, 3.05) is 6.54 Å². The normalized spacial score (nSPS) is 12.3. The summed E-state index contributed by atoms with van der Waals surface area (Å²) in [6, 6.07) is 15.2. The molecule has 0 spiro atoms. The number of amides is 2. The first-order chi connectivity index (χ1) is 16.8. The van der Waals surface area contributed by atoms with E-state index in [0.717, 1.165) is 37.1 Å². The van der Waals surface area contributed by atoms with Crippen molar-refractivity contribution >= 4 is 29.7 Å². The maximum atomic E-state index is 13.0. The number of hydrogen-bond acceptors (Lipinski definition) is 4. The molecule has 1 unspecified atom stereocenters. The zero-order valence-corrected chi connectivity index (χ0v) is 21.4. The van der Waals surface area contributed by atoms with Gasteiger partial charge in [0.1, 0.15) is 0 Å². The van der Waals surface area contributed by atoms with Crippen LogP contribution in [0.5, 0.6) is 0 Å². The number of benzene rings is 2. The number of nitrogens with zero attached hydrogens (tertiary/aromatic N) is 1. The van der Waals surface area contributed by atoms with Crippen LogP contribution in [0, 0.1) is 0 Å². The Morgan fingerprint density at radius 3 is 2.26 bits per heavy atom. The molecule has 2 amide bonds. The molecule has 0 aliphatic rings. The van der Waals surface area contributed by atoms with Gasteiger partial charge in [0.15, 0.2) is 0 Å². The fourth-order valence-corrected chi connectivity index (χ4v) is 3.90. The van der Waals surface area contributed by atoms with Crippen molar-refractivity contribution in [3.05, 3.63) is 70.8 Å². The molecule has 0 radical (unpaired) electrons. The molecule has 6 nitrogen and oxygen atoms in total. The minimum absolute atomic E-state index is 0.376. The van der Waals surface area contributed by atoms with Gasteiger partial charge in [-0.15, -0.1) is 0 Å². The second-order valence-corrected chi connectivity index (χ2v) is 9.12. The molecule has 6 heteroatoms. The van der Waals surface area contributed by atoms with Crippen molar-refractivity contribution in [1.29, 1.82) is 0 Å². The SMILES string of the molecule is CCCCC(NC(=O)c1ccccc1/C=C/c1ccc(CN(CCC)C(C)C)cc1)C(=O)C(N)=O. The fourth-order valence-electron chi connectivity index (χ4n) is 3.90. The molecule has 0 fully saturated rings. The molecule has 0 saturated heterocycles. The smallest absolute Gasteiger partial charge is 0.287 e. The first kappa shape index (κ1) is 28.0. The van der Waals surface area contributed by atoms with E-state index in [1.165, 1.54) is 5.56 Å². The minimum Gasteiger partial charge on any atom is -0.363 e. The van der Waals surface area contributed by atoms with Gasteiger partial charge in [-0.1, -0.05) is 81.3 Å². The van der Waals surface area contributed by atoms with E-state index in [0.29, 0.717) is 24.4 Å². The lowest BCUT2D eigenvalue weighted by Crippen LogP contribution is -2.46. The highest BCUT2D eigenvalue weighted by atomic mass is 16.2. The van der Waals surface area contributed by atoms with Crippen LogP contribution in [0.1, 0.15) is 80.4 Å². The molecule has 2 aromatic carbocycles. The van der Waals surface area contributed by atoms with E-state index >= 15 is 0 Å². The first-order valence-electron chi connectivity index (χ1n) is 12.5. The molecule has 0 aromatic heterocycles. The van der Waals surface area contributed by atoms with Crippen LogP contribution in [-0.4, -0.2) is 41.1 Å². The van der Waals surface area contributed by atoms with E-state index in [9.17, 15) is 14.4 Å². The number of carbonyl (C=O) groups is 3. The molecule has 1 atom stereocenters. The number of nitrogens with two attached hydrogens (primary N) is 1. The molecule has 0 aliphatic heterocycles. The summed E-state index contributed by atoms with van der Waals surface area (Å²) >= 11 is 0. The van der Waals surface area contributed by atoms with E-state index in [1.807, 2.05) is 31.2 Å². The Morgan fingerprint density at radius 1 is 0.971 bits per heavy atom. The van der Waals surface area contributed by atoms with Crippen LogP contribution in [0.3, 0.4) is 0 Å². The highest BCUT2D eigenvalue weighted by molar-refractivity contribution is 6.38. The second kappa shape index (κ2) is 14.2. The Balaban J connectivity index is 2.15. The van der Waals surface area contributed by atoms with Crippen LogP contribution in [-0.2, 0) is 16.1 Å². The largest absolute Gasteiger partial charge is 0.363 e. The molecule has 0 bridgehead atoms. The number of ketones is 1. The standard InChI is InChI=1S/C29H39N3O3/c1-5-7-12-26(27(33)28(30)34)31-29(35)25-11-9-8-10-24(25)18-17-22-13-15-23(16-14-22)20-32(19-6-2)21(3)4/h8-11,13-18,21,26H,5-7,12,19-20H2,1-4H3,(H2,30,34)(H,31,35)/b18-17+. The maximum Gasteiger partial charge on any atom is 0.287 e. The number of unbranched alkanes of at least 4 members (excludes halogenated alkanes) is 1. The van der Waals surface area contributed by atoms with Crippen molar-refractivity contribution < 1.29 is 14.4 Å². The number of nitrogens with one attached hydrogen (secondary N) is 1. The third kappa shape index (κ3) is 8.80. The number of carbonyl (C=O) groups excluding carboxylic acids is 3. The molecule has 2 aromatic rings. The quantitative estimate of drug-likeness (QED) is 0.301. The van der Waals surface area contributed by atoms with Gasteiger partial charge in [0, 0.05) is 18.2 Å². The highest BCUT2D eigenvalue weighted by Gasteiger charge is 2.25. The predicted molar refractivity (Wildman–Crippen MR) is 143 cm³/mol. The molecule has 35 heavy (non-hydrogen) atoms. The molecule has 2 rings (SSSR count). The summed E-state index contributed by atoms with van der Waals surface area (Å²) in [5, 5.41) is 2.70. The lowest BCUT2D eigenvalue weighted by Gasteiger charge is -2.26. The lowest BCUT2D eigenvalue weighted by molar-refractivity contribution is -0.137. The Labute approximate surface area is 209 Å². The molecule has 0 heterocycles. The van der Waals surface area contributed by atoms with E-state index in [-0.39, 0.29) is 0 Å². The zero-order valence-electron chi connectivity index (χ0n) is 21.4. The van der Waals surface area contributed by atoms with Crippen molar-refractivity contribution in [2.45, 2.75) is 72.0 Å². The van der Waals surface area contributed by atoms with Gasteiger partial charge in [-0.3, -0.25) is 19.3 Å². The van der Waals surface area contributed by atoms with Crippen LogP contribution in [0.15, 0.2) is 48.5 Å². The van der Waals surface area contributed by atoms with E-state index < -0.39 is 23.6 Å². The Kier molecular flexibility index (Phi) is 11.4. The van der Waals surface area contributed by atoms with Gasteiger partial charge in [-0.05, 0) is 56.0 Å². The molecule has 188 valence electrons. The predicted octanol–water partition coefficient (Wildman–Crippen LogP) is 4.82. The first-order valence-corrected chi connectivity index (χ1v) is 12.5. The fraction of sp³-hybridized carbons (Fsp3) is 0.414. The van der Waals surface area contributed by atoms with Crippen molar-refractivity contribution in [3.63, 3.8) is 0 Å². The average Bonchev–Trinajstić information content (AvgIpc) is 2.85. The van der Waals surface area contributed by atoms with E-state index in [4.69, 9.17) is 5.73 Å². The number of Topliss-reactive ketones (excluding diaryl/α,β-unsaturated/α-hetero) is 1. The van der Waals surface area contributed by atoms with Crippen molar-refractivity contribution in [2.24, 2.45) is 5.73 Å². The van der Waals surface area contributed by atoms with Crippen molar-refractivity contribution in [3.8, 4) is 0 Å². The van der Waals surface area contributed by atoms with Crippen LogP contribution < -0.4 is 11.1 Å². The summed E-state index contributed by atoms with van der Waals surface area (Å²) in [6.07, 6.45) is 6.89. The molecule has 0 aliphatic carbocycles. The Morgan fingerprint density at radius 2 is 1.66 bits per heavy atom. The second-order valence-electron chi connectivity index (χ2n) is 9.12. The van der Waals surface area contributed by atoms with Gasteiger partial charge < -0.3 is 11.1 Å². The molecule has 0 saturated carbocycles. The van der Waals surface area contributed by atoms with Gasteiger partial charge in [-0.25, -0.2) is 0 Å².